The van der Waals surface area contributed by atoms with Crippen LogP contribution < -0.4 is 5.32 Å². The molecule has 0 aromatic heterocycles. The number of nitrogens with one attached hydrogen (secondary N) is 1. The minimum absolute atomic E-state index is 0.349. The first-order valence-corrected chi connectivity index (χ1v) is 9.03. The number of carboxylic acids is 1. The van der Waals surface area contributed by atoms with Crippen LogP contribution in [0.3, 0.4) is 0 Å². The largest absolute Gasteiger partial charge is 0.478 e. The molecular formula is C19H26N2O2. The number of hydrogen-bond donors (Lipinski definition) is 2. The maximum Gasteiger partial charge on any atom is 0.335 e. The molecule has 3 heterocycles. The van der Waals surface area contributed by atoms with Crippen LogP contribution in [0.4, 0.5) is 0 Å². The fourth-order valence-corrected chi connectivity index (χ4v) is 4.88. The first-order valence-electron chi connectivity index (χ1n) is 9.03. The fraction of sp³-hybridized carbons (Fsp3) is 0.632. The second kappa shape index (κ2) is 6.25. The van der Waals surface area contributed by atoms with Crippen molar-refractivity contribution in [1.29, 1.82) is 0 Å². The molecule has 0 radical (unpaired) electrons. The molecule has 1 aromatic rings. The van der Waals surface area contributed by atoms with E-state index < -0.39 is 5.97 Å². The number of aryl methyl sites for hydroxylation is 1. The predicted octanol–water partition coefficient (Wildman–Crippen LogP) is 2.49. The van der Waals surface area contributed by atoms with Crippen molar-refractivity contribution in [2.75, 3.05) is 26.2 Å². The fourth-order valence-electron chi connectivity index (χ4n) is 4.88. The highest BCUT2D eigenvalue weighted by Gasteiger charge is 2.34. The van der Waals surface area contributed by atoms with Crippen molar-refractivity contribution in [2.45, 2.75) is 44.1 Å². The summed E-state index contributed by atoms with van der Waals surface area (Å²) in [5.41, 5.74) is 2.86. The van der Waals surface area contributed by atoms with Gasteiger partial charge < -0.3 is 15.3 Å². The molecule has 23 heavy (non-hydrogen) atoms. The van der Waals surface area contributed by atoms with Gasteiger partial charge in [-0.05, 0) is 74.2 Å². The van der Waals surface area contributed by atoms with E-state index in [4.69, 9.17) is 0 Å². The van der Waals surface area contributed by atoms with Crippen molar-refractivity contribution in [1.82, 2.24) is 10.2 Å². The quantitative estimate of drug-likeness (QED) is 0.896. The van der Waals surface area contributed by atoms with Crippen LogP contribution in [0.1, 0.15) is 53.1 Å². The summed E-state index contributed by atoms with van der Waals surface area (Å²) in [6.07, 6.45) is 5.93. The molecule has 4 heteroatoms. The van der Waals surface area contributed by atoms with Crippen LogP contribution in [0.25, 0.3) is 0 Å². The van der Waals surface area contributed by atoms with Crippen molar-refractivity contribution in [3.8, 4) is 0 Å². The molecular weight excluding hydrogens is 288 g/mol. The number of piperidine rings is 3. The highest BCUT2D eigenvalue weighted by Crippen LogP contribution is 2.35. The van der Waals surface area contributed by atoms with E-state index in [0.717, 1.165) is 30.9 Å². The number of carbonyl (C=O) groups is 1. The summed E-state index contributed by atoms with van der Waals surface area (Å²) in [7, 11) is 0. The number of fused-ring (bicyclic) bond motifs is 4. The molecule has 2 bridgehead atoms. The molecule has 2 N–H and O–H groups in total. The van der Waals surface area contributed by atoms with Gasteiger partial charge >= 0.3 is 5.97 Å². The molecule has 3 fully saturated rings. The topological polar surface area (TPSA) is 52.6 Å². The number of aromatic carboxylic acids is 1. The lowest BCUT2D eigenvalue weighted by Crippen LogP contribution is -2.56. The Hall–Kier alpha value is -1.39. The third-order valence-corrected chi connectivity index (χ3v) is 6.12. The Bertz CT molecular complexity index is 593. The standard InChI is InChI=1S/C19H26N2O2/c22-19(23)16-6-2-4-14-3-1-5-15(18(14)16)11-20-17-12-21-9-7-13(17)8-10-21/h2,4,6,13,15,17,20H,1,3,5,7-12H2,(H,22,23)/t15-,17+/m1/s1. The SMILES string of the molecule is O=C(O)c1cccc2c1[C@@H](CN[C@H]1CN3CCC1CC3)CCC2. The number of rotatable bonds is 4. The molecule has 2 atom stereocenters. The third-order valence-electron chi connectivity index (χ3n) is 6.12. The predicted molar refractivity (Wildman–Crippen MR) is 90.0 cm³/mol. The van der Waals surface area contributed by atoms with Crippen LogP contribution in [-0.4, -0.2) is 48.2 Å². The summed E-state index contributed by atoms with van der Waals surface area (Å²) in [6.45, 7) is 4.62. The summed E-state index contributed by atoms with van der Waals surface area (Å²) in [5.74, 6) is 0.385. The van der Waals surface area contributed by atoms with Gasteiger partial charge in [0.15, 0.2) is 0 Å². The van der Waals surface area contributed by atoms with Gasteiger partial charge in [-0.3, -0.25) is 0 Å². The Kier molecular flexibility index (Phi) is 4.12. The van der Waals surface area contributed by atoms with Crippen molar-refractivity contribution in [3.63, 3.8) is 0 Å². The maximum atomic E-state index is 11.6. The average molecular weight is 314 g/mol. The smallest absolute Gasteiger partial charge is 0.335 e. The van der Waals surface area contributed by atoms with E-state index in [1.54, 1.807) is 6.07 Å². The zero-order valence-electron chi connectivity index (χ0n) is 13.6. The Morgan fingerprint density at radius 3 is 2.78 bits per heavy atom. The van der Waals surface area contributed by atoms with Crippen LogP contribution in [0.2, 0.25) is 0 Å². The lowest BCUT2D eigenvalue weighted by Gasteiger charge is -2.45. The third kappa shape index (κ3) is 2.90. The molecule has 0 unspecified atom stereocenters. The second-order valence-corrected chi connectivity index (χ2v) is 7.43. The zero-order valence-corrected chi connectivity index (χ0v) is 13.6. The highest BCUT2D eigenvalue weighted by molar-refractivity contribution is 5.90. The van der Waals surface area contributed by atoms with Crippen LogP contribution in [0, 0.1) is 5.92 Å². The van der Waals surface area contributed by atoms with Gasteiger partial charge in [0.05, 0.1) is 5.56 Å². The summed E-state index contributed by atoms with van der Waals surface area (Å²) >= 11 is 0. The van der Waals surface area contributed by atoms with Gasteiger partial charge in [-0.2, -0.15) is 0 Å². The summed E-state index contributed by atoms with van der Waals surface area (Å²) in [4.78, 5) is 14.2. The maximum absolute atomic E-state index is 11.6. The number of benzene rings is 1. The van der Waals surface area contributed by atoms with Gasteiger partial charge in [0.25, 0.3) is 0 Å². The van der Waals surface area contributed by atoms with E-state index in [-0.39, 0.29) is 0 Å². The van der Waals surface area contributed by atoms with Crippen LogP contribution in [0.15, 0.2) is 18.2 Å². The molecule has 3 aliphatic heterocycles. The van der Waals surface area contributed by atoms with Crippen molar-refractivity contribution >= 4 is 5.97 Å². The first kappa shape index (κ1) is 15.2. The van der Waals surface area contributed by atoms with Gasteiger partial charge in [-0.25, -0.2) is 4.79 Å². The normalized spacial score (nSPS) is 32.5. The van der Waals surface area contributed by atoms with Crippen molar-refractivity contribution in [3.05, 3.63) is 34.9 Å². The Balaban J connectivity index is 1.50. The van der Waals surface area contributed by atoms with Crippen LogP contribution in [0.5, 0.6) is 0 Å². The van der Waals surface area contributed by atoms with E-state index in [9.17, 15) is 9.90 Å². The minimum Gasteiger partial charge on any atom is -0.478 e. The molecule has 0 amide bonds. The molecule has 5 rings (SSSR count). The molecule has 1 aliphatic carbocycles. The van der Waals surface area contributed by atoms with E-state index >= 15 is 0 Å². The van der Waals surface area contributed by atoms with Crippen LogP contribution in [-0.2, 0) is 6.42 Å². The lowest BCUT2D eigenvalue weighted by atomic mass is 9.79. The van der Waals surface area contributed by atoms with Crippen LogP contribution >= 0.6 is 0 Å². The monoisotopic (exact) mass is 314 g/mol. The van der Waals surface area contributed by atoms with Crippen molar-refractivity contribution < 1.29 is 9.90 Å². The van der Waals surface area contributed by atoms with E-state index in [0.29, 0.717) is 17.5 Å². The van der Waals surface area contributed by atoms with E-state index in [1.165, 1.54) is 44.5 Å². The number of carboxylic acid groups (broad SMARTS) is 1. The number of hydrogen-bond acceptors (Lipinski definition) is 3. The Morgan fingerprint density at radius 1 is 1.26 bits per heavy atom. The molecule has 3 saturated heterocycles. The lowest BCUT2D eigenvalue weighted by molar-refractivity contribution is 0.0690. The molecule has 124 valence electrons. The van der Waals surface area contributed by atoms with Gasteiger partial charge in [0.1, 0.15) is 0 Å². The van der Waals surface area contributed by atoms with Crippen molar-refractivity contribution in [2.24, 2.45) is 5.92 Å². The van der Waals surface area contributed by atoms with Gasteiger partial charge in [0.2, 0.25) is 0 Å². The molecule has 4 aliphatic rings. The molecule has 1 aromatic carbocycles. The van der Waals surface area contributed by atoms with Gasteiger partial charge in [-0.15, -0.1) is 0 Å². The van der Waals surface area contributed by atoms with E-state index in [2.05, 4.69) is 16.3 Å². The molecule has 0 saturated carbocycles. The first-order chi connectivity index (χ1) is 11.2. The summed E-state index contributed by atoms with van der Waals surface area (Å²) < 4.78 is 0. The molecule has 0 spiro atoms. The van der Waals surface area contributed by atoms with Gasteiger partial charge in [0, 0.05) is 19.1 Å². The molecule has 4 nitrogen and oxygen atoms in total. The highest BCUT2D eigenvalue weighted by atomic mass is 16.4. The number of nitrogens with zero attached hydrogens (tertiary/aromatic N) is 1. The Morgan fingerprint density at radius 2 is 2.09 bits per heavy atom. The average Bonchev–Trinajstić information content (AvgIpc) is 2.60. The Labute approximate surface area is 137 Å². The second-order valence-electron chi connectivity index (χ2n) is 7.43. The zero-order chi connectivity index (χ0) is 15.8. The van der Waals surface area contributed by atoms with E-state index in [1.807, 2.05) is 6.07 Å². The summed E-state index contributed by atoms with van der Waals surface area (Å²) in [5, 5.41) is 13.3. The minimum atomic E-state index is -0.781. The van der Waals surface area contributed by atoms with Gasteiger partial charge in [-0.1, -0.05) is 12.1 Å². The summed E-state index contributed by atoms with van der Waals surface area (Å²) in [6, 6.07) is 6.38.